The molecule has 11 heteroatoms. The number of carboxylic acids is 1. The normalized spacial score (nSPS) is 15.1. The fraction of sp³-hybridized carbons (Fsp3) is 0.312. The zero-order valence-corrected chi connectivity index (χ0v) is 25.5. The van der Waals surface area contributed by atoms with Gasteiger partial charge in [0, 0.05) is 27.1 Å². The van der Waals surface area contributed by atoms with Gasteiger partial charge in [0.15, 0.2) is 5.82 Å². The van der Waals surface area contributed by atoms with E-state index in [2.05, 4.69) is 15.5 Å². The van der Waals surface area contributed by atoms with Crippen molar-refractivity contribution in [2.45, 2.75) is 60.0 Å². The average molecular weight is 602 g/mol. The van der Waals surface area contributed by atoms with E-state index < -0.39 is 35.2 Å². The van der Waals surface area contributed by atoms with Crippen LogP contribution in [0.4, 0.5) is 4.39 Å². The fourth-order valence-corrected chi connectivity index (χ4v) is 6.28. The SMILES string of the molecule is Cc1sc2c(c1C)C(c1ccc(-c3ccc(C(=O)NC(C=O)C(C)(C)C)cc3F)cc1)=NC(CC(=O)O)c1nnc(C)n1-2. The minimum Gasteiger partial charge on any atom is -0.481 e. The van der Waals surface area contributed by atoms with E-state index in [0.717, 1.165) is 32.6 Å². The number of carbonyl (C=O) groups is 3. The molecule has 1 aliphatic rings. The van der Waals surface area contributed by atoms with Crippen molar-refractivity contribution in [1.29, 1.82) is 0 Å². The minimum atomic E-state index is -0.999. The summed E-state index contributed by atoms with van der Waals surface area (Å²) in [6.07, 6.45) is 0.432. The molecule has 9 nitrogen and oxygen atoms in total. The van der Waals surface area contributed by atoms with Gasteiger partial charge in [0.25, 0.3) is 5.91 Å². The average Bonchev–Trinajstić information content (AvgIpc) is 3.42. The fourth-order valence-electron chi connectivity index (χ4n) is 5.07. The second kappa shape index (κ2) is 11.3. The van der Waals surface area contributed by atoms with Crippen molar-refractivity contribution in [2.24, 2.45) is 10.4 Å². The second-order valence-electron chi connectivity index (χ2n) is 11.7. The second-order valence-corrected chi connectivity index (χ2v) is 12.9. The summed E-state index contributed by atoms with van der Waals surface area (Å²) in [6, 6.07) is 9.98. The number of carboxylic acid groups (broad SMARTS) is 1. The molecule has 0 saturated carbocycles. The van der Waals surface area contributed by atoms with E-state index in [1.165, 1.54) is 12.1 Å². The predicted octanol–water partition coefficient (Wildman–Crippen LogP) is 5.77. The number of nitrogens with zero attached hydrogens (tertiary/aromatic N) is 4. The van der Waals surface area contributed by atoms with Crippen LogP contribution in [0.15, 0.2) is 47.5 Å². The quantitative estimate of drug-likeness (QED) is 0.259. The topological polar surface area (TPSA) is 127 Å². The highest BCUT2D eigenvalue weighted by atomic mass is 32.1. The Morgan fingerprint density at radius 2 is 1.77 bits per heavy atom. The minimum absolute atomic E-state index is 0.115. The molecule has 3 heterocycles. The molecule has 1 amide bonds. The van der Waals surface area contributed by atoms with Gasteiger partial charge in [0.2, 0.25) is 0 Å². The molecule has 43 heavy (non-hydrogen) atoms. The van der Waals surface area contributed by atoms with Crippen LogP contribution in [0.5, 0.6) is 0 Å². The van der Waals surface area contributed by atoms with Crippen molar-refractivity contribution in [1.82, 2.24) is 20.1 Å². The van der Waals surface area contributed by atoms with Crippen LogP contribution in [0.2, 0.25) is 0 Å². The Labute approximate surface area is 252 Å². The molecule has 0 radical (unpaired) electrons. The highest BCUT2D eigenvalue weighted by Crippen LogP contribution is 2.39. The standard InChI is InChI=1S/C32H32FN5O4S/c1-16-17(2)43-31-27(16)28(34-24(14-26(40)41)29-37-36-18(3)38(29)31)20-9-7-19(8-10-20)22-12-11-21(13-23(22)33)30(42)35-25(15-39)32(4,5)6/h7-13,15,24-25H,14H2,1-6H3,(H,35,42)(H,40,41). The van der Waals surface area contributed by atoms with Crippen LogP contribution in [0.1, 0.15) is 76.8 Å². The molecule has 0 saturated heterocycles. The summed E-state index contributed by atoms with van der Waals surface area (Å²) < 4.78 is 17.2. The lowest BCUT2D eigenvalue weighted by Crippen LogP contribution is -2.44. The molecule has 1 aliphatic heterocycles. The molecule has 0 aliphatic carbocycles. The monoisotopic (exact) mass is 601 g/mol. The lowest BCUT2D eigenvalue weighted by atomic mass is 9.87. The van der Waals surface area contributed by atoms with Gasteiger partial charge in [-0.25, -0.2) is 4.39 Å². The number of aryl methyl sites for hydroxylation is 2. The Balaban J connectivity index is 1.51. The highest BCUT2D eigenvalue weighted by Gasteiger charge is 2.32. The number of hydrogen-bond acceptors (Lipinski definition) is 7. The Bertz CT molecular complexity index is 1780. The first kappa shape index (κ1) is 30.0. The number of halogens is 1. The van der Waals surface area contributed by atoms with Gasteiger partial charge in [-0.1, -0.05) is 51.1 Å². The Morgan fingerprint density at radius 3 is 2.37 bits per heavy atom. The smallest absolute Gasteiger partial charge is 0.306 e. The Morgan fingerprint density at radius 1 is 1.09 bits per heavy atom. The van der Waals surface area contributed by atoms with E-state index in [9.17, 15) is 19.5 Å². The first-order chi connectivity index (χ1) is 20.3. The molecule has 2 unspecified atom stereocenters. The van der Waals surface area contributed by atoms with Gasteiger partial charge in [-0.2, -0.15) is 0 Å². The summed E-state index contributed by atoms with van der Waals surface area (Å²) in [4.78, 5) is 42.0. The molecule has 2 N–H and O–H groups in total. The number of aliphatic imine (C=N–C) groups is 1. The summed E-state index contributed by atoms with van der Waals surface area (Å²) in [5, 5.41) is 21.7. The van der Waals surface area contributed by atoms with Gasteiger partial charge < -0.3 is 15.2 Å². The van der Waals surface area contributed by atoms with Crippen LogP contribution < -0.4 is 5.32 Å². The van der Waals surface area contributed by atoms with Crippen LogP contribution in [0.25, 0.3) is 16.1 Å². The first-order valence-electron chi connectivity index (χ1n) is 13.8. The van der Waals surface area contributed by atoms with Crippen molar-refractivity contribution in [3.8, 4) is 16.1 Å². The van der Waals surface area contributed by atoms with Crippen LogP contribution >= 0.6 is 11.3 Å². The number of hydrogen-bond donors (Lipinski definition) is 2. The van der Waals surface area contributed by atoms with Crippen LogP contribution in [-0.4, -0.2) is 49.8 Å². The first-order valence-corrected chi connectivity index (χ1v) is 14.6. The predicted molar refractivity (Wildman–Crippen MR) is 163 cm³/mol. The van der Waals surface area contributed by atoms with Gasteiger partial charge in [-0.05, 0) is 49.4 Å². The van der Waals surface area contributed by atoms with E-state index in [-0.39, 0.29) is 12.0 Å². The summed E-state index contributed by atoms with van der Waals surface area (Å²) >= 11 is 1.58. The molecule has 0 bridgehead atoms. The third-order valence-electron chi connectivity index (χ3n) is 7.66. The number of benzene rings is 2. The zero-order chi connectivity index (χ0) is 31.2. The molecule has 4 aromatic rings. The van der Waals surface area contributed by atoms with E-state index in [0.29, 0.717) is 34.8 Å². The summed E-state index contributed by atoms with van der Waals surface area (Å²) in [5.41, 5.74) is 3.83. The molecule has 2 aromatic heterocycles. The van der Waals surface area contributed by atoms with Crippen molar-refractivity contribution >= 4 is 35.2 Å². The van der Waals surface area contributed by atoms with Crippen molar-refractivity contribution < 1.29 is 23.9 Å². The number of amides is 1. The Kier molecular flexibility index (Phi) is 7.87. The maximum atomic E-state index is 15.3. The van der Waals surface area contributed by atoms with Gasteiger partial charge in [0.05, 0.1) is 18.2 Å². The van der Waals surface area contributed by atoms with Crippen LogP contribution in [0, 0.1) is 32.0 Å². The molecule has 0 fully saturated rings. The lowest BCUT2D eigenvalue weighted by Gasteiger charge is -2.26. The van der Waals surface area contributed by atoms with Gasteiger partial charge in [0.1, 0.15) is 29.0 Å². The molecule has 2 aromatic carbocycles. The number of rotatable bonds is 7. The van der Waals surface area contributed by atoms with Gasteiger partial charge in [-0.3, -0.25) is 19.1 Å². The van der Waals surface area contributed by atoms with E-state index in [1.54, 1.807) is 23.5 Å². The summed E-state index contributed by atoms with van der Waals surface area (Å²) in [6.45, 7) is 11.4. The zero-order valence-electron chi connectivity index (χ0n) is 24.7. The molecular formula is C32H32FN5O4S. The third-order valence-corrected chi connectivity index (χ3v) is 8.86. The van der Waals surface area contributed by atoms with Crippen LogP contribution in [0.3, 0.4) is 0 Å². The Hall–Kier alpha value is -4.51. The van der Waals surface area contributed by atoms with Gasteiger partial charge >= 0.3 is 5.97 Å². The molecule has 0 spiro atoms. The van der Waals surface area contributed by atoms with E-state index >= 15 is 4.39 Å². The van der Waals surface area contributed by atoms with Gasteiger partial charge in [-0.15, -0.1) is 21.5 Å². The van der Waals surface area contributed by atoms with Crippen LogP contribution in [-0.2, 0) is 9.59 Å². The lowest BCUT2D eigenvalue weighted by molar-refractivity contribution is -0.137. The molecular weight excluding hydrogens is 569 g/mol. The van der Waals surface area contributed by atoms with E-state index in [4.69, 9.17) is 4.99 Å². The number of carbonyl (C=O) groups excluding carboxylic acids is 2. The summed E-state index contributed by atoms with van der Waals surface area (Å²) in [7, 11) is 0. The highest BCUT2D eigenvalue weighted by molar-refractivity contribution is 7.15. The number of nitrogens with one attached hydrogen (secondary N) is 1. The number of aliphatic carboxylic acids is 1. The number of thiophene rings is 1. The number of aldehydes is 1. The molecule has 222 valence electrons. The number of fused-ring (bicyclic) bond motifs is 3. The third kappa shape index (κ3) is 5.64. The maximum absolute atomic E-state index is 15.3. The molecule has 5 rings (SSSR count). The largest absolute Gasteiger partial charge is 0.481 e. The summed E-state index contributed by atoms with van der Waals surface area (Å²) in [5.74, 6) is -0.985. The maximum Gasteiger partial charge on any atom is 0.306 e. The van der Waals surface area contributed by atoms with Crippen molar-refractivity contribution in [2.75, 3.05) is 0 Å². The van der Waals surface area contributed by atoms with Crippen molar-refractivity contribution in [3.05, 3.63) is 87.1 Å². The van der Waals surface area contributed by atoms with Crippen molar-refractivity contribution in [3.63, 3.8) is 0 Å². The molecule has 2 atom stereocenters. The number of aromatic nitrogens is 3. The van der Waals surface area contributed by atoms with E-state index in [1.807, 2.05) is 58.2 Å².